The van der Waals surface area contributed by atoms with Crippen LogP contribution in [0, 0.1) is 0 Å². The zero-order valence-electron chi connectivity index (χ0n) is 9.74. The SMILES string of the molecule is C=C(C)C=C(C)[O][Ru][O]C(C)=CC(=C)C. The van der Waals surface area contributed by atoms with Gasteiger partial charge in [-0.15, -0.1) is 0 Å². The quantitative estimate of drug-likeness (QED) is 0.420. The Labute approximate surface area is 101 Å². The van der Waals surface area contributed by atoms with Gasteiger partial charge in [0.2, 0.25) is 0 Å². The van der Waals surface area contributed by atoms with E-state index in [2.05, 4.69) is 13.2 Å². The van der Waals surface area contributed by atoms with Crippen molar-refractivity contribution in [1.82, 2.24) is 0 Å². The monoisotopic (exact) mass is 296 g/mol. The van der Waals surface area contributed by atoms with E-state index in [-0.39, 0.29) is 0 Å². The average molecular weight is 295 g/mol. The van der Waals surface area contributed by atoms with E-state index >= 15 is 0 Å². The molecule has 0 atom stereocenters. The molecule has 0 rings (SSSR count). The molecule has 0 aliphatic heterocycles. The van der Waals surface area contributed by atoms with Gasteiger partial charge in [0.15, 0.2) is 0 Å². The van der Waals surface area contributed by atoms with Crippen molar-refractivity contribution < 1.29 is 25.0 Å². The topological polar surface area (TPSA) is 18.5 Å². The van der Waals surface area contributed by atoms with Gasteiger partial charge in [-0.25, -0.2) is 0 Å². The molecule has 0 aliphatic rings. The van der Waals surface area contributed by atoms with Gasteiger partial charge < -0.3 is 0 Å². The van der Waals surface area contributed by atoms with Crippen LogP contribution >= 0.6 is 0 Å². The molecule has 0 aromatic heterocycles. The molecule has 86 valence electrons. The fourth-order valence-corrected chi connectivity index (χ4v) is 1.58. The van der Waals surface area contributed by atoms with Gasteiger partial charge in [0, 0.05) is 0 Å². The fraction of sp³-hybridized carbons (Fsp3) is 0.333. The average Bonchev–Trinajstić information content (AvgIpc) is 2.00. The van der Waals surface area contributed by atoms with E-state index in [1.165, 1.54) is 0 Å². The van der Waals surface area contributed by atoms with Crippen LogP contribution in [0.4, 0.5) is 0 Å². The van der Waals surface area contributed by atoms with Crippen LogP contribution < -0.4 is 0 Å². The van der Waals surface area contributed by atoms with E-state index in [4.69, 9.17) is 7.13 Å². The first kappa shape index (κ1) is 14.2. The Morgan fingerprint density at radius 2 is 1.20 bits per heavy atom. The molecule has 2 nitrogen and oxygen atoms in total. The van der Waals surface area contributed by atoms with Gasteiger partial charge in [-0.1, -0.05) is 0 Å². The first-order valence-electron chi connectivity index (χ1n) is 4.56. The summed E-state index contributed by atoms with van der Waals surface area (Å²) < 4.78 is 10.8. The maximum absolute atomic E-state index is 5.40. The molecule has 0 N–H and O–H groups in total. The predicted octanol–water partition coefficient (Wildman–Crippen LogP) is 3.89. The molecule has 0 aromatic carbocycles. The van der Waals surface area contributed by atoms with E-state index in [1.807, 2.05) is 39.8 Å². The molecule has 15 heavy (non-hydrogen) atoms. The molecule has 0 amide bonds. The van der Waals surface area contributed by atoms with Gasteiger partial charge in [-0.05, 0) is 0 Å². The summed E-state index contributed by atoms with van der Waals surface area (Å²) in [4.78, 5) is 0. The Kier molecular flexibility index (Phi) is 7.06. The second kappa shape index (κ2) is 7.47. The fourth-order valence-electron chi connectivity index (χ4n) is 0.843. The minimum absolute atomic E-state index is 0.565. The summed E-state index contributed by atoms with van der Waals surface area (Å²) >= 11 is -0.565. The number of rotatable bonds is 6. The first-order valence-corrected chi connectivity index (χ1v) is 5.98. The van der Waals surface area contributed by atoms with Crippen molar-refractivity contribution in [1.29, 1.82) is 0 Å². The molecule has 3 heteroatoms. The zero-order valence-corrected chi connectivity index (χ0v) is 11.5. The van der Waals surface area contributed by atoms with E-state index < -0.39 is 17.8 Å². The standard InChI is InChI=1S/2C6H10O.Ru/c2*1-5(2)4-6(3)7;/h2*4,7H,1H2,2-3H3;/q;;+2/p-2. The molecular weight excluding hydrogens is 277 g/mol. The molecule has 0 saturated carbocycles. The molecule has 0 saturated heterocycles. The van der Waals surface area contributed by atoms with Crippen molar-refractivity contribution in [2.75, 3.05) is 0 Å². The number of hydrogen-bond donors (Lipinski definition) is 0. The molecular formula is C12H18O2Ru. The van der Waals surface area contributed by atoms with Gasteiger partial charge in [0.1, 0.15) is 0 Å². The molecule has 0 radical (unpaired) electrons. The van der Waals surface area contributed by atoms with Crippen molar-refractivity contribution in [2.45, 2.75) is 27.7 Å². The van der Waals surface area contributed by atoms with Gasteiger partial charge in [-0.3, -0.25) is 0 Å². The predicted molar refractivity (Wildman–Crippen MR) is 59.3 cm³/mol. The third kappa shape index (κ3) is 9.49. The van der Waals surface area contributed by atoms with Gasteiger partial charge in [0.25, 0.3) is 0 Å². The third-order valence-corrected chi connectivity index (χ3v) is 2.59. The Morgan fingerprint density at radius 3 is 1.47 bits per heavy atom. The zero-order chi connectivity index (χ0) is 11.8. The van der Waals surface area contributed by atoms with Gasteiger partial charge in [-0.2, -0.15) is 0 Å². The van der Waals surface area contributed by atoms with Crippen LogP contribution in [0.1, 0.15) is 27.7 Å². The second-order valence-corrected chi connectivity index (χ2v) is 4.41. The molecule has 0 spiro atoms. The van der Waals surface area contributed by atoms with Crippen molar-refractivity contribution in [2.24, 2.45) is 0 Å². The number of allylic oxidation sites excluding steroid dienone is 6. The van der Waals surface area contributed by atoms with Crippen LogP contribution in [0.25, 0.3) is 0 Å². The third-order valence-electron chi connectivity index (χ3n) is 1.19. The van der Waals surface area contributed by atoms with Crippen molar-refractivity contribution in [3.05, 3.63) is 48.0 Å². The summed E-state index contributed by atoms with van der Waals surface area (Å²) in [5.41, 5.74) is 1.95. The summed E-state index contributed by atoms with van der Waals surface area (Å²) in [7, 11) is 0. The summed E-state index contributed by atoms with van der Waals surface area (Å²) in [6.07, 6.45) is 3.77. The Morgan fingerprint density at radius 1 is 0.867 bits per heavy atom. The van der Waals surface area contributed by atoms with Crippen LogP contribution in [0.15, 0.2) is 48.0 Å². The van der Waals surface area contributed by atoms with Crippen LogP contribution in [0.2, 0.25) is 0 Å². The van der Waals surface area contributed by atoms with E-state index in [9.17, 15) is 0 Å². The van der Waals surface area contributed by atoms with Crippen LogP contribution in [-0.4, -0.2) is 0 Å². The van der Waals surface area contributed by atoms with Crippen molar-refractivity contribution in [3.63, 3.8) is 0 Å². The minimum atomic E-state index is -0.565. The van der Waals surface area contributed by atoms with Crippen molar-refractivity contribution in [3.8, 4) is 0 Å². The summed E-state index contributed by atoms with van der Waals surface area (Å²) in [6.45, 7) is 15.2. The second-order valence-electron chi connectivity index (χ2n) is 3.41. The van der Waals surface area contributed by atoms with E-state index in [1.54, 1.807) is 0 Å². The molecule has 0 aromatic rings. The Hall–Kier alpha value is -0.817. The van der Waals surface area contributed by atoms with E-state index in [0.717, 1.165) is 22.7 Å². The van der Waals surface area contributed by atoms with Crippen molar-refractivity contribution >= 4 is 0 Å². The maximum atomic E-state index is 5.40. The first-order chi connectivity index (χ1) is 6.91. The number of hydrogen-bond acceptors (Lipinski definition) is 2. The molecule has 0 aliphatic carbocycles. The van der Waals surface area contributed by atoms with Crippen LogP contribution in [0.3, 0.4) is 0 Å². The molecule has 0 bridgehead atoms. The summed E-state index contributed by atoms with van der Waals surface area (Å²) in [5, 5.41) is 0. The van der Waals surface area contributed by atoms with Gasteiger partial charge in [0.05, 0.1) is 0 Å². The Balaban J connectivity index is 3.90. The molecule has 0 fully saturated rings. The van der Waals surface area contributed by atoms with E-state index in [0.29, 0.717) is 0 Å². The summed E-state index contributed by atoms with van der Waals surface area (Å²) in [6, 6.07) is 0. The normalized spacial score (nSPS) is 12.5. The van der Waals surface area contributed by atoms with Gasteiger partial charge >= 0.3 is 101 Å². The molecule has 0 unspecified atom stereocenters. The molecule has 0 heterocycles. The Bertz CT molecular complexity index is 271. The van der Waals surface area contributed by atoms with Crippen LogP contribution in [-0.2, 0) is 25.0 Å². The van der Waals surface area contributed by atoms with Crippen LogP contribution in [0.5, 0.6) is 0 Å². The summed E-state index contributed by atoms with van der Waals surface area (Å²) in [5.74, 6) is 1.67.